The number of nitrogens with zero attached hydrogens (tertiary/aromatic N) is 1. The van der Waals surface area contributed by atoms with Crippen molar-refractivity contribution in [1.29, 1.82) is 0 Å². The first-order valence-corrected chi connectivity index (χ1v) is 6.14. The van der Waals surface area contributed by atoms with Crippen molar-refractivity contribution in [2.24, 2.45) is 0 Å². The number of carbonyl (C=O) groups excluding carboxylic acids is 1. The van der Waals surface area contributed by atoms with Crippen LogP contribution < -0.4 is 0 Å². The maximum absolute atomic E-state index is 10.5. The fourth-order valence-electron chi connectivity index (χ4n) is 1.31. The first kappa shape index (κ1) is 11.9. The van der Waals surface area contributed by atoms with Gasteiger partial charge in [-0.2, -0.15) is 8.42 Å². The Balaban J connectivity index is 2.33. The third-order valence-corrected chi connectivity index (χ3v) is 2.80. The van der Waals surface area contributed by atoms with Crippen molar-refractivity contribution in [3.05, 3.63) is 23.9 Å². The Hall–Kier alpha value is -1.14. The quantitative estimate of drug-likeness (QED) is 0.541. The molecule has 0 spiro atoms. The van der Waals surface area contributed by atoms with E-state index < -0.39 is 10.1 Å². The van der Waals surface area contributed by atoms with Gasteiger partial charge in [0.25, 0.3) is 10.1 Å². The smallest absolute Gasteiger partial charge is 0.264 e. The van der Waals surface area contributed by atoms with Gasteiger partial charge in [-0.25, -0.2) is 0 Å². The zero-order valence-electron chi connectivity index (χ0n) is 8.17. The largest absolute Gasteiger partial charge is 0.373 e. The molecule has 15 heavy (non-hydrogen) atoms. The molecule has 0 fully saturated rings. The maximum Gasteiger partial charge on any atom is 0.264 e. The second-order valence-corrected chi connectivity index (χ2v) is 4.88. The average molecular weight is 231 g/mol. The number of allylic oxidation sites excluding steroid dienone is 2. The highest BCUT2D eigenvalue weighted by atomic mass is 32.2. The molecule has 0 bridgehead atoms. The van der Waals surface area contributed by atoms with Gasteiger partial charge < -0.3 is 4.90 Å². The van der Waals surface area contributed by atoms with Crippen molar-refractivity contribution in [1.82, 2.24) is 4.90 Å². The maximum atomic E-state index is 10.5. The van der Waals surface area contributed by atoms with Crippen LogP contribution >= 0.6 is 0 Å². The zero-order chi connectivity index (χ0) is 11.3. The summed E-state index contributed by atoms with van der Waals surface area (Å²) in [5.41, 5.74) is 0.657. The van der Waals surface area contributed by atoms with Gasteiger partial charge in [-0.1, -0.05) is 6.08 Å². The van der Waals surface area contributed by atoms with Crippen LogP contribution in [-0.2, 0) is 14.9 Å². The van der Waals surface area contributed by atoms with Crippen molar-refractivity contribution < 1.29 is 17.8 Å². The van der Waals surface area contributed by atoms with E-state index in [1.165, 1.54) is 0 Å². The molecule has 0 aromatic carbocycles. The molecular weight excluding hydrogens is 218 g/mol. The molecule has 1 rings (SSSR count). The molecule has 84 valence electrons. The van der Waals surface area contributed by atoms with Gasteiger partial charge in [-0.15, -0.1) is 0 Å². The Morgan fingerprint density at radius 2 is 2.27 bits per heavy atom. The van der Waals surface area contributed by atoms with E-state index in [1.54, 1.807) is 18.4 Å². The van der Waals surface area contributed by atoms with E-state index in [0.717, 1.165) is 6.29 Å². The summed E-state index contributed by atoms with van der Waals surface area (Å²) < 4.78 is 29.4. The van der Waals surface area contributed by atoms with Crippen molar-refractivity contribution >= 4 is 16.4 Å². The van der Waals surface area contributed by atoms with Crippen LogP contribution in [-0.4, -0.2) is 43.0 Å². The molecule has 0 saturated heterocycles. The van der Waals surface area contributed by atoms with Crippen LogP contribution in [0.25, 0.3) is 0 Å². The third-order valence-electron chi connectivity index (χ3n) is 1.99. The minimum absolute atomic E-state index is 0.253. The molecule has 0 amide bonds. The molecule has 0 aromatic heterocycles. The second kappa shape index (κ2) is 5.09. The number of aldehydes is 1. The lowest BCUT2D eigenvalue weighted by Crippen LogP contribution is -2.25. The standard InChI is InChI=1S/C9H13NO4S/c11-8-9-3-1-4-10(7-9)5-2-6-15(12,13)14/h1,3-4,8H,2,5-7H2,(H,12,13,14). The number of hydrogen-bond donors (Lipinski definition) is 1. The van der Waals surface area contributed by atoms with Gasteiger partial charge in [0.1, 0.15) is 6.29 Å². The topological polar surface area (TPSA) is 74.7 Å². The molecule has 0 atom stereocenters. The third kappa shape index (κ3) is 4.75. The van der Waals surface area contributed by atoms with Crippen LogP contribution in [0.1, 0.15) is 6.42 Å². The lowest BCUT2D eigenvalue weighted by molar-refractivity contribution is -0.105. The van der Waals surface area contributed by atoms with Crippen LogP contribution in [0.4, 0.5) is 0 Å². The Kier molecular flexibility index (Phi) is 4.05. The highest BCUT2D eigenvalue weighted by molar-refractivity contribution is 7.85. The normalized spacial score (nSPS) is 16.3. The van der Waals surface area contributed by atoms with E-state index >= 15 is 0 Å². The average Bonchev–Trinajstić information content (AvgIpc) is 2.16. The Morgan fingerprint density at radius 3 is 2.87 bits per heavy atom. The van der Waals surface area contributed by atoms with Gasteiger partial charge in [0.15, 0.2) is 0 Å². The molecule has 0 aliphatic carbocycles. The van der Waals surface area contributed by atoms with Gasteiger partial charge in [0.2, 0.25) is 0 Å². The van der Waals surface area contributed by atoms with E-state index in [1.807, 2.05) is 4.90 Å². The van der Waals surface area contributed by atoms with Crippen LogP contribution in [0, 0.1) is 0 Å². The van der Waals surface area contributed by atoms with Crippen LogP contribution in [0.15, 0.2) is 23.9 Å². The van der Waals surface area contributed by atoms with E-state index in [4.69, 9.17) is 4.55 Å². The van der Waals surface area contributed by atoms with Gasteiger partial charge >= 0.3 is 0 Å². The molecule has 1 heterocycles. The lowest BCUT2D eigenvalue weighted by Gasteiger charge is -2.22. The first-order chi connectivity index (χ1) is 7.01. The SMILES string of the molecule is O=CC1=CC=CN(CCCS(=O)(=O)O)C1. The fraction of sp³-hybridized carbons (Fsp3) is 0.444. The minimum atomic E-state index is -3.88. The highest BCUT2D eigenvalue weighted by Gasteiger charge is 2.09. The van der Waals surface area contributed by atoms with Crippen molar-refractivity contribution in [3.8, 4) is 0 Å². The summed E-state index contributed by atoms with van der Waals surface area (Å²) in [5, 5.41) is 0. The predicted molar refractivity (Wildman–Crippen MR) is 55.9 cm³/mol. The molecule has 1 aliphatic rings. The monoisotopic (exact) mass is 231 g/mol. The minimum Gasteiger partial charge on any atom is -0.373 e. The summed E-state index contributed by atoms with van der Waals surface area (Å²) in [6.45, 7) is 0.993. The second-order valence-electron chi connectivity index (χ2n) is 3.31. The van der Waals surface area contributed by atoms with Crippen molar-refractivity contribution in [2.75, 3.05) is 18.8 Å². The highest BCUT2D eigenvalue weighted by Crippen LogP contribution is 2.06. The van der Waals surface area contributed by atoms with Crippen LogP contribution in [0.2, 0.25) is 0 Å². The summed E-state index contributed by atoms with van der Waals surface area (Å²) in [5.74, 6) is -0.253. The molecule has 0 saturated carbocycles. The summed E-state index contributed by atoms with van der Waals surface area (Å²) in [4.78, 5) is 12.3. The van der Waals surface area contributed by atoms with Gasteiger partial charge in [0.05, 0.1) is 5.75 Å². The van der Waals surface area contributed by atoms with Gasteiger partial charge in [-0.05, 0) is 18.7 Å². The molecule has 1 N–H and O–H groups in total. The van der Waals surface area contributed by atoms with Crippen molar-refractivity contribution in [2.45, 2.75) is 6.42 Å². The number of carbonyl (C=O) groups is 1. The molecule has 6 heteroatoms. The van der Waals surface area contributed by atoms with E-state index in [2.05, 4.69) is 0 Å². The lowest BCUT2D eigenvalue weighted by atomic mass is 10.2. The van der Waals surface area contributed by atoms with Crippen LogP contribution in [0.5, 0.6) is 0 Å². The molecular formula is C9H13NO4S. The predicted octanol–water partition coefficient (Wildman–Crippen LogP) is 0.219. The van der Waals surface area contributed by atoms with Gasteiger partial charge in [0, 0.05) is 18.7 Å². The Bertz CT molecular complexity index is 383. The Labute approximate surface area is 88.8 Å². The zero-order valence-corrected chi connectivity index (χ0v) is 8.98. The molecule has 0 aromatic rings. The van der Waals surface area contributed by atoms with E-state index in [9.17, 15) is 13.2 Å². The first-order valence-electron chi connectivity index (χ1n) is 4.53. The summed E-state index contributed by atoms with van der Waals surface area (Å²) in [6.07, 6.45) is 6.36. The van der Waals surface area contributed by atoms with Crippen molar-refractivity contribution in [3.63, 3.8) is 0 Å². The summed E-state index contributed by atoms with van der Waals surface area (Å²) >= 11 is 0. The number of hydrogen-bond acceptors (Lipinski definition) is 4. The van der Waals surface area contributed by atoms with Crippen LogP contribution in [0.3, 0.4) is 0 Å². The summed E-state index contributed by atoms with van der Waals surface area (Å²) in [7, 11) is -3.88. The fourth-order valence-corrected chi connectivity index (χ4v) is 1.80. The Morgan fingerprint density at radius 1 is 1.53 bits per heavy atom. The molecule has 5 nitrogen and oxygen atoms in total. The molecule has 1 aliphatic heterocycles. The van der Waals surface area contributed by atoms with E-state index in [0.29, 0.717) is 25.1 Å². The molecule has 0 radical (unpaired) electrons. The van der Waals surface area contributed by atoms with Gasteiger partial charge in [-0.3, -0.25) is 9.35 Å². The van der Waals surface area contributed by atoms with E-state index in [-0.39, 0.29) is 5.75 Å². The molecule has 0 unspecified atom stereocenters. The summed E-state index contributed by atoms with van der Waals surface area (Å²) in [6, 6.07) is 0. The number of rotatable bonds is 5.